The molecule has 1 aromatic carbocycles. The van der Waals surface area contributed by atoms with E-state index >= 15 is 0 Å². The van der Waals surface area contributed by atoms with Crippen molar-refractivity contribution in [3.63, 3.8) is 0 Å². The van der Waals surface area contributed by atoms with Crippen LogP contribution in [0.3, 0.4) is 0 Å². The van der Waals surface area contributed by atoms with Crippen molar-refractivity contribution in [3.05, 3.63) is 69.4 Å². The van der Waals surface area contributed by atoms with Gasteiger partial charge in [-0.05, 0) is 54.3 Å². The lowest BCUT2D eigenvalue weighted by molar-refractivity contribution is 0.0702. The standard InChI is InChI=1S/C19H18O2S2/c1-12(2)17(22)11-14-4-6-15(7-5-14)13(3)10-16-8-9-18(23-16)19(20)21/h4-10H,1,11H2,2-3H3,(H,20,21)/b13-10+. The molecule has 0 amide bonds. The predicted molar refractivity (Wildman–Crippen MR) is 102 cm³/mol. The van der Waals surface area contributed by atoms with Gasteiger partial charge < -0.3 is 5.11 Å². The van der Waals surface area contributed by atoms with E-state index in [9.17, 15) is 4.79 Å². The summed E-state index contributed by atoms with van der Waals surface area (Å²) in [5, 5.41) is 8.96. The molecule has 0 aliphatic carbocycles. The Morgan fingerprint density at radius 3 is 2.39 bits per heavy atom. The molecule has 0 fully saturated rings. The van der Waals surface area contributed by atoms with E-state index in [4.69, 9.17) is 17.3 Å². The van der Waals surface area contributed by atoms with Crippen molar-refractivity contribution in [1.29, 1.82) is 0 Å². The average Bonchev–Trinajstić information content (AvgIpc) is 2.96. The van der Waals surface area contributed by atoms with Crippen molar-refractivity contribution in [2.24, 2.45) is 0 Å². The number of hydrogen-bond donors (Lipinski definition) is 1. The van der Waals surface area contributed by atoms with Crippen molar-refractivity contribution < 1.29 is 9.90 Å². The molecular weight excluding hydrogens is 324 g/mol. The molecule has 0 aliphatic rings. The van der Waals surface area contributed by atoms with Crippen LogP contribution >= 0.6 is 23.6 Å². The van der Waals surface area contributed by atoms with Gasteiger partial charge in [0.25, 0.3) is 0 Å². The monoisotopic (exact) mass is 342 g/mol. The van der Waals surface area contributed by atoms with E-state index in [0.717, 1.165) is 32.9 Å². The molecule has 118 valence electrons. The van der Waals surface area contributed by atoms with E-state index in [1.807, 2.05) is 26.0 Å². The summed E-state index contributed by atoms with van der Waals surface area (Å²) in [6, 6.07) is 11.7. The van der Waals surface area contributed by atoms with Gasteiger partial charge in [-0.2, -0.15) is 0 Å². The first kappa shape index (κ1) is 17.3. The normalized spacial score (nSPS) is 11.3. The van der Waals surface area contributed by atoms with Gasteiger partial charge in [-0.3, -0.25) is 0 Å². The number of allylic oxidation sites excluding steroid dienone is 2. The molecule has 0 radical (unpaired) electrons. The fraction of sp³-hybridized carbons (Fsp3) is 0.158. The zero-order chi connectivity index (χ0) is 17.0. The Hall–Kier alpha value is -2.04. The zero-order valence-electron chi connectivity index (χ0n) is 13.1. The average molecular weight is 342 g/mol. The second kappa shape index (κ2) is 7.49. The Bertz CT molecular complexity index is 780. The van der Waals surface area contributed by atoms with Crippen LogP contribution in [0.1, 0.15) is 39.5 Å². The van der Waals surface area contributed by atoms with Crippen LogP contribution in [0.2, 0.25) is 0 Å². The molecule has 2 nitrogen and oxygen atoms in total. The van der Waals surface area contributed by atoms with Crippen molar-refractivity contribution >= 4 is 46.0 Å². The molecule has 1 aromatic heterocycles. The summed E-state index contributed by atoms with van der Waals surface area (Å²) < 4.78 is 0. The minimum absolute atomic E-state index is 0.354. The second-order valence-corrected chi connectivity index (χ2v) is 7.02. The summed E-state index contributed by atoms with van der Waals surface area (Å²) in [4.78, 5) is 13.1. The Kier molecular flexibility index (Phi) is 5.64. The highest BCUT2D eigenvalue weighted by molar-refractivity contribution is 7.80. The van der Waals surface area contributed by atoms with Crippen LogP contribution < -0.4 is 0 Å². The highest BCUT2D eigenvalue weighted by Gasteiger charge is 2.06. The van der Waals surface area contributed by atoms with Gasteiger partial charge in [-0.15, -0.1) is 11.3 Å². The van der Waals surface area contributed by atoms with Gasteiger partial charge in [0.2, 0.25) is 0 Å². The van der Waals surface area contributed by atoms with Crippen molar-refractivity contribution in [2.45, 2.75) is 20.3 Å². The molecule has 2 rings (SSSR count). The first-order valence-electron chi connectivity index (χ1n) is 7.16. The SMILES string of the molecule is C=C(C)C(=S)Cc1ccc(/C(C)=C/c2ccc(C(=O)O)s2)cc1. The minimum atomic E-state index is -0.884. The van der Waals surface area contributed by atoms with E-state index in [1.54, 1.807) is 6.07 Å². The topological polar surface area (TPSA) is 37.3 Å². The Morgan fingerprint density at radius 1 is 1.22 bits per heavy atom. The summed E-state index contributed by atoms with van der Waals surface area (Å²) in [7, 11) is 0. The quantitative estimate of drug-likeness (QED) is 0.557. The van der Waals surface area contributed by atoms with Crippen LogP contribution in [0.4, 0.5) is 0 Å². The summed E-state index contributed by atoms with van der Waals surface area (Å²) in [5.74, 6) is -0.884. The third kappa shape index (κ3) is 4.71. The largest absolute Gasteiger partial charge is 0.477 e. The van der Waals surface area contributed by atoms with E-state index in [-0.39, 0.29) is 0 Å². The molecule has 0 bridgehead atoms. The van der Waals surface area contributed by atoms with E-state index in [1.165, 1.54) is 16.9 Å². The number of carboxylic acid groups (broad SMARTS) is 1. The molecule has 1 heterocycles. The summed E-state index contributed by atoms with van der Waals surface area (Å²) in [6.07, 6.45) is 2.74. The summed E-state index contributed by atoms with van der Waals surface area (Å²) in [6.45, 7) is 7.82. The number of hydrogen-bond acceptors (Lipinski definition) is 3. The third-order valence-corrected chi connectivity index (χ3v) is 4.96. The Morgan fingerprint density at radius 2 is 1.87 bits per heavy atom. The Balaban J connectivity index is 2.14. The lowest BCUT2D eigenvalue weighted by Crippen LogP contribution is -2.00. The number of thiocarbonyl (C=S) groups is 1. The molecule has 1 N–H and O–H groups in total. The Labute approximate surface area is 145 Å². The molecule has 0 spiro atoms. The molecule has 0 aliphatic heterocycles. The van der Waals surface area contributed by atoms with E-state index < -0.39 is 5.97 Å². The van der Waals surface area contributed by atoms with Crippen LogP contribution in [0.15, 0.2) is 48.6 Å². The smallest absolute Gasteiger partial charge is 0.345 e. The number of thiophene rings is 1. The highest BCUT2D eigenvalue weighted by Crippen LogP contribution is 2.23. The van der Waals surface area contributed by atoms with Gasteiger partial charge in [0.15, 0.2) is 0 Å². The minimum Gasteiger partial charge on any atom is -0.477 e. The molecule has 0 saturated heterocycles. The van der Waals surface area contributed by atoms with Crippen LogP contribution in [-0.4, -0.2) is 15.9 Å². The predicted octanol–water partition coefficient (Wildman–Crippen LogP) is 5.50. The van der Waals surface area contributed by atoms with Crippen LogP contribution in [-0.2, 0) is 6.42 Å². The van der Waals surface area contributed by atoms with Gasteiger partial charge in [-0.25, -0.2) is 4.79 Å². The maximum Gasteiger partial charge on any atom is 0.345 e. The fourth-order valence-electron chi connectivity index (χ4n) is 2.06. The number of carboxylic acids is 1. The van der Waals surface area contributed by atoms with Crippen LogP contribution in [0.5, 0.6) is 0 Å². The molecule has 23 heavy (non-hydrogen) atoms. The van der Waals surface area contributed by atoms with Gasteiger partial charge in [-0.1, -0.05) is 43.1 Å². The number of carbonyl (C=O) groups is 1. The number of benzene rings is 1. The first-order valence-corrected chi connectivity index (χ1v) is 8.38. The molecule has 2 aromatic rings. The van der Waals surface area contributed by atoms with Crippen molar-refractivity contribution in [3.8, 4) is 0 Å². The summed E-state index contributed by atoms with van der Waals surface area (Å²) in [5.41, 5.74) is 4.31. The maximum absolute atomic E-state index is 10.9. The van der Waals surface area contributed by atoms with Crippen LogP contribution in [0, 0.1) is 0 Å². The molecular formula is C19H18O2S2. The van der Waals surface area contributed by atoms with Gasteiger partial charge in [0, 0.05) is 16.2 Å². The van der Waals surface area contributed by atoms with Crippen LogP contribution in [0.25, 0.3) is 11.6 Å². The maximum atomic E-state index is 10.9. The third-order valence-electron chi connectivity index (χ3n) is 3.45. The van der Waals surface area contributed by atoms with Gasteiger partial charge in [0.05, 0.1) is 0 Å². The fourth-order valence-corrected chi connectivity index (χ4v) is 3.08. The first-order chi connectivity index (χ1) is 10.9. The van der Waals surface area contributed by atoms with Crippen molar-refractivity contribution in [1.82, 2.24) is 0 Å². The highest BCUT2D eigenvalue weighted by atomic mass is 32.1. The van der Waals surface area contributed by atoms with Crippen molar-refractivity contribution in [2.75, 3.05) is 0 Å². The second-order valence-electron chi connectivity index (χ2n) is 5.41. The number of rotatable bonds is 6. The molecule has 0 unspecified atom stereocenters. The zero-order valence-corrected chi connectivity index (χ0v) is 14.8. The van der Waals surface area contributed by atoms with Gasteiger partial charge in [0.1, 0.15) is 4.88 Å². The van der Waals surface area contributed by atoms with E-state index in [2.05, 4.69) is 30.8 Å². The van der Waals surface area contributed by atoms with Gasteiger partial charge >= 0.3 is 5.97 Å². The summed E-state index contributed by atoms with van der Waals surface area (Å²) >= 11 is 6.57. The molecule has 4 heteroatoms. The molecule has 0 saturated carbocycles. The lowest BCUT2D eigenvalue weighted by atomic mass is 10.0. The lowest BCUT2D eigenvalue weighted by Gasteiger charge is -2.06. The number of aromatic carboxylic acids is 1. The van der Waals surface area contributed by atoms with E-state index in [0.29, 0.717) is 4.88 Å². The molecule has 0 atom stereocenters.